The molecule has 0 saturated carbocycles. The maximum atomic E-state index is 13.1. The van der Waals surface area contributed by atoms with E-state index in [0.29, 0.717) is 10.6 Å². The molecule has 0 saturated heterocycles. The number of rotatable bonds is 7. The molecule has 1 atom stereocenters. The highest BCUT2D eigenvalue weighted by Crippen LogP contribution is 2.42. The van der Waals surface area contributed by atoms with Crippen LogP contribution in [-0.4, -0.2) is 44.5 Å². The number of carbonyl (C=O) groups excluding carboxylic acids is 2. The lowest BCUT2D eigenvalue weighted by Gasteiger charge is -2.15. The minimum atomic E-state index is -3.71. The Hall–Kier alpha value is -2.85. The monoisotopic (exact) mass is 424 g/mol. The number of halogens is 2. The summed E-state index contributed by atoms with van der Waals surface area (Å²) in [7, 11) is 1.71. The third kappa shape index (κ3) is 5.58. The smallest absolute Gasteiger partial charge is 0.395 e. The van der Waals surface area contributed by atoms with Crippen molar-refractivity contribution >= 4 is 35.0 Å². The number of nitrogens with one attached hydrogen (secondary N) is 3. The van der Waals surface area contributed by atoms with E-state index in [0.717, 1.165) is 10.6 Å². The molecular formula is C19H20F2N3O4S+. The predicted octanol–water partition coefficient (Wildman–Crippen LogP) is 1.82. The van der Waals surface area contributed by atoms with E-state index >= 15 is 0 Å². The van der Waals surface area contributed by atoms with E-state index in [1.54, 1.807) is 7.05 Å². The van der Waals surface area contributed by atoms with Crippen molar-refractivity contribution in [1.29, 1.82) is 0 Å². The predicted molar refractivity (Wildman–Crippen MR) is 105 cm³/mol. The van der Waals surface area contributed by atoms with Gasteiger partial charge in [-0.1, -0.05) is 12.1 Å². The molecule has 7 nitrogen and oxygen atoms in total. The normalized spacial score (nSPS) is 14.9. The fourth-order valence-corrected chi connectivity index (χ4v) is 3.34. The van der Waals surface area contributed by atoms with Crippen LogP contribution in [0.25, 0.3) is 0 Å². The van der Waals surface area contributed by atoms with E-state index < -0.39 is 6.29 Å². The lowest BCUT2D eigenvalue weighted by Crippen LogP contribution is -3.11. The summed E-state index contributed by atoms with van der Waals surface area (Å²) in [5, 5.41) is 5.43. The Balaban J connectivity index is 1.50. The molecule has 29 heavy (non-hydrogen) atoms. The molecule has 0 aliphatic carbocycles. The van der Waals surface area contributed by atoms with Crippen LogP contribution in [0.5, 0.6) is 11.5 Å². The first-order valence-corrected chi connectivity index (χ1v) is 9.92. The summed E-state index contributed by atoms with van der Waals surface area (Å²) in [6.45, 7) is 0.103. The van der Waals surface area contributed by atoms with Crippen molar-refractivity contribution in [3.63, 3.8) is 0 Å². The number of para-hydroxylation sites is 1. The number of amides is 2. The maximum absolute atomic E-state index is 13.1. The van der Waals surface area contributed by atoms with E-state index in [4.69, 9.17) is 0 Å². The highest BCUT2D eigenvalue weighted by atomic mass is 32.2. The average Bonchev–Trinajstić information content (AvgIpc) is 2.94. The summed E-state index contributed by atoms with van der Waals surface area (Å²) in [6, 6.07) is 11.4. The molecule has 2 aromatic carbocycles. The van der Waals surface area contributed by atoms with Gasteiger partial charge in [0.15, 0.2) is 24.6 Å². The van der Waals surface area contributed by atoms with E-state index in [1.807, 2.05) is 30.5 Å². The second-order valence-corrected chi connectivity index (χ2v) is 7.28. The van der Waals surface area contributed by atoms with Crippen molar-refractivity contribution in [2.45, 2.75) is 11.2 Å². The molecule has 2 aromatic rings. The summed E-state index contributed by atoms with van der Waals surface area (Å²) < 4.78 is 34.8. The molecule has 0 fully saturated rings. The molecule has 1 unspecified atom stereocenters. The first kappa shape index (κ1) is 20.9. The third-order valence-electron chi connectivity index (χ3n) is 3.99. The van der Waals surface area contributed by atoms with Gasteiger partial charge >= 0.3 is 6.29 Å². The molecule has 154 valence electrons. The van der Waals surface area contributed by atoms with Crippen LogP contribution in [0.1, 0.15) is 0 Å². The molecule has 3 rings (SSSR count). The summed E-state index contributed by atoms with van der Waals surface area (Å²) in [5.41, 5.74) is 1.01. The van der Waals surface area contributed by atoms with Gasteiger partial charge in [0.25, 0.3) is 11.8 Å². The molecule has 1 aliphatic rings. The Bertz CT molecular complexity index is 926. The standard InChI is InChI=1S/C19H19F2N3O4S/c1-24(11-18(26)23-13-5-3-4-6-16(13)29-2)10-17(25)22-12-7-8-14-15(9-12)28-19(20,21)27-14/h3-9H,10-11H2,1-2H3,(H,22,25)(H,23,26)/p+1. The van der Waals surface area contributed by atoms with Crippen molar-refractivity contribution in [3.05, 3.63) is 42.5 Å². The van der Waals surface area contributed by atoms with E-state index in [-0.39, 0.29) is 36.4 Å². The topological polar surface area (TPSA) is 81.1 Å². The van der Waals surface area contributed by atoms with Crippen molar-refractivity contribution in [2.24, 2.45) is 0 Å². The Morgan fingerprint density at radius 1 is 1.03 bits per heavy atom. The number of hydrogen-bond acceptors (Lipinski definition) is 5. The van der Waals surface area contributed by atoms with Gasteiger partial charge < -0.3 is 25.0 Å². The Kier molecular flexibility index (Phi) is 6.23. The molecular weight excluding hydrogens is 404 g/mol. The second-order valence-electron chi connectivity index (χ2n) is 6.44. The third-order valence-corrected chi connectivity index (χ3v) is 4.79. The van der Waals surface area contributed by atoms with Gasteiger partial charge in [0.2, 0.25) is 0 Å². The number of likely N-dealkylation sites (N-methyl/N-ethyl adjacent to an activating group) is 1. The van der Waals surface area contributed by atoms with Crippen molar-refractivity contribution in [3.8, 4) is 11.5 Å². The van der Waals surface area contributed by atoms with E-state index in [1.165, 1.54) is 30.0 Å². The zero-order valence-corrected chi connectivity index (χ0v) is 16.6. The van der Waals surface area contributed by atoms with Gasteiger partial charge in [0.05, 0.1) is 12.7 Å². The molecule has 1 aliphatic heterocycles. The zero-order valence-electron chi connectivity index (χ0n) is 15.8. The van der Waals surface area contributed by atoms with Crippen LogP contribution >= 0.6 is 11.8 Å². The SMILES string of the molecule is CSc1ccccc1NC(=O)C[NH+](C)CC(=O)Nc1ccc2c(c1)OC(F)(F)O2. The van der Waals surface area contributed by atoms with Crippen LogP contribution < -0.4 is 25.0 Å². The highest BCUT2D eigenvalue weighted by molar-refractivity contribution is 7.98. The first-order valence-electron chi connectivity index (χ1n) is 8.69. The number of carbonyl (C=O) groups is 2. The van der Waals surface area contributed by atoms with Crippen LogP contribution in [-0.2, 0) is 9.59 Å². The molecule has 0 aromatic heterocycles. The largest absolute Gasteiger partial charge is 0.586 e. The van der Waals surface area contributed by atoms with Gasteiger partial charge in [0.1, 0.15) is 0 Å². The minimum Gasteiger partial charge on any atom is -0.395 e. The van der Waals surface area contributed by atoms with E-state index in [9.17, 15) is 18.4 Å². The van der Waals surface area contributed by atoms with Crippen molar-refractivity contribution in [1.82, 2.24) is 0 Å². The fourth-order valence-electron chi connectivity index (χ4n) is 2.78. The molecule has 0 radical (unpaired) electrons. The van der Waals surface area contributed by atoms with Gasteiger partial charge in [0, 0.05) is 16.6 Å². The summed E-state index contributed by atoms with van der Waals surface area (Å²) in [4.78, 5) is 26.1. The number of anilines is 2. The number of quaternary nitrogens is 1. The number of thioether (sulfide) groups is 1. The molecule has 0 bridgehead atoms. The molecule has 3 N–H and O–H groups in total. The lowest BCUT2D eigenvalue weighted by molar-refractivity contribution is -0.862. The number of alkyl halides is 2. The van der Waals surface area contributed by atoms with Gasteiger partial charge in [-0.3, -0.25) is 9.59 Å². The van der Waals surface area contributed by atoms with Crippen molar-refractivity contribution in [2.75, 3.05) is 37.0 Å². The number of benzene rings is 2. The summed E-state index contributed by atoms with van der Waals surface area (Å²) >= 11 is 1.52. The van der Waals surface area contributed by atoms with Crippen molar-refractivity contribution < 1.29 is 32.7 Å². The second kappa shape index (κ2) is 8.66. The van der Waals surface area contributed by atoms with E-state index in [2.05, 4.69) is 20.1 Å². The van der Waals surface area contributed by atoms with Gasteiger partial charge in [-0.15, -0.1) is 20.5 Å². The van der Waals surface area contributed by atoms with Crippen LogP contribution in [0.3, 0.4) is 0 Å². The van der Waals surface area contributed by atoms with Crippen LogP contribution in [0, 0.1) is 0 Å². The summed E-state index contributed by atoms with van der Waals surface area (Å²) in [6.07, 6.45) is -1.79. The Morgan fingerprint density at radius 2 is 1.69 bits per heavy atom. The fraction of sp³-hybridized carbons (Fsp3) is 0.263. The van der Waals surface area contributed by atoms with Gasteiger partial charge in [-0.25, -0.2) is 0 Å². The maximum Gasteiger partial charge on any atom is 0.586 e. The molecule has 2 amide bonds. The molecule has 0 spiro atoms. The Labute approximate surface area is 170 Å². The number of hydrogen-bond donors (Lipinski definition) is 3. The van der Waals surface area contributed by atoms with Crippen LogP contribution in [0.15, 0.2) is 47.4 Å². The van der Waals surface area contributed by atoms with Crippen LogP contribution in [0.2, 0.25) is 0 Å². The summed E-state index contributed by atoms with van der Waals surface area (Å²) in [5.74, 6) is -0.842. The zero-order chi connectivity index (χ0) is 21.0. The minimum absolute atomic E-state index is 0.0161. The number of ether oxygens (including phenoxy) is 2. The molecule has 10 heteroatoms. The Morgan fingerprint density at radius 3 is 2.41 bits per heavy atom. The van der Waals surface area contributed by atoms with Gasteiger partial charge in [-0.05, 0) is 30.5 Å². The lowest BCUT2D eigenvalue weighted by atomic mass is 10.2. The average molecular weight is 424 g/mol. The van der Waals surface area contributed by atoms with Gasteiger partial charge in [-0.2, -0.15) is 0 Å². The molecule has 1 heterocycles. The number of fused-ring (bicyclic) bond motifs is 1. The quantitative estimate of drug-likeness (QED) is 0.591. The van der Waals surface area contributed by atoms with Crippen LogP contribution in [0.4, 0.5) is 20.2 Å². The highest BCUT2D eigenvalue weighted by Gasteiger charge is 2.43. The first-order chi connectivity index (χ1) is 13.8.